The van der Waals surface area contributed by atoms with Crippen molar-refractivity contribution in [2.45, 2.75) is 31.7 Å². The van der Waals surface area contributed by atoms with E-state index in [0.29, 0.717) is 12.2 Å². The lowest BCUT2D eigenvalue weighted by Gasteiger charge is -2.30. The number of carbonyl (C=O) groups excluding carboxylic acids is 1. The summed E-state index contributed by atoms with van der Waals surface area (Å²) in [6.07, 6.45) is 5.57. The maximum absolute atomic E-state index is 13.8. The van der Waals surface area contributed by atoms with Crippen molar-refractivity contribution in [2.24, 2.45) is 7.05 Å². The van der Waals surface area contributed by atoms with Crippen LogP contribution in [0.25, 0.3) is 11.4 Å². The number of carbonyl (C=O) groups is 1. The van der Waals surface area contributed by atoms with Crippen molar-refractivity contribution >= 4 is 5.91 Å². The summed E-state index contributed by atoms with van der Waals surface area (Å²) in [6, 6.07) is 16.4. The highest BCUT2D eigenvalue weighted by Gasteiger charge is 2.29. The zero-order valence-corrected chi connectivity index (χ0v) is 16.0. The summed E-state index contributed by atoms with van der Waals surface area (Å²) in [5, 5.41) is 0. The lowest BCUT2D eigenvalue weighted by atomic mass is 10.0. The zero-order chi connectivity index (χ0) is 19.5. The molecule has 1 fully saturated rings. The van der Waals surface area contributed by atoms with Crippen LogP contribution in [-0.2, 0) is 7.05 Å². The smallest absolute Gasteiger partial charge is 0.272 e. The summed E-state index contributed by atoms with van der Waals surface area (Å²) < 4.78 is 15.7. The Hall–Kier alpha value is -2.95. The third kappa shape index (κ3) is 3.57. The van der Waals surface area contributed by atoms with Gasteiger partial charge >= 0.3 is 0 Å². The van der Waals surface area contributed by atoms with E-state index in [1.807, 2.05) is 52.9 Å². The van der Waals surface area contributed by atoms with Gasteiger partial charge < -0.3 is 9.47 Å². The predicted octanol–water partition coefficient (Wildman–Crippen LogP) is 4.98. The molecule has 1 atom stereocenters. The highest BCUT2D eigenvalue weighted by atomic mass is 19.1. The Morgan fingerprint density at radius 3 is 2.68 bits per heavy atom. The van der Waals surface area contributed by atoms with E-state index in [1.54, 1.807) is 18.3 Å². The largest absolute Gasteiger partial charge is 0.330 e. The third-order valence-corrected chi connectivity index (χ3v) is 5.49. The number of hydrogen-bond donors (Lipinski definition) is 0. The first-order valence-corrected chi connectivity index (χ1v) is 9.79. The van der Waals surface area contributed by atoms with Gasteiger partial charge in [-0.3, -0.25) is 4.79 Å². The van der Waals surface area contributed by atoms with Gasteiger partial charge in [-0.25, -0.2) is 9.37 Å². The van der Waals surface area contributed by atoms with E-state index < -0.39 is 0 Å². The zero-order valence-electron chi connectivity index (χ0n) is 16.0. The number of rotatable bonds is 3. The van der Waals surface area contributed by atoms with Crippen molar-refractivity contribution in [1.82, 2.24) is 14.5 Å². The molecule has 1 aromatic heterocycles. The Labute approximate surface area is 164 Å². The summed E-state index contributed by atoms with van der Waals surface area (Å²) in [7, 11) is 1.87. The van der Waals surface area contributed by atoms with Crippen LogP contribution in [0.15, 0.2) is 60.8 Å². The number of amides is 1. The van der Waals surface area contributed by atoms with Crippen LogP contribution in [0.4, 0.5) is 4.39 Å². The lowest BCUT2D eigenvalue weighted by Crippen LogP contribution is -2.36. The molecular formula is C23H24FN3O. The lowest BCUT2D eigenvalue weighted by molar-refractivity contribution is 0.0671. The van der Waals surface area contributed by atoms with Crippen LogP contribution in [-0.4, -0.2) is 26.9 Å². The topological polar surface area (TPSA) is 38.1 Å². The number of likely N-dealkylation sites (tertiary alicyclic amines) is 1. The van der Waals surface area contributed by atoms with Crippen LogP contribution >= 0.6 is 0 Å². The van der Waals surface area contributed by atoms with Crippen LogP contribution in [0.2, 0.25) is 0 Å². The van der Waals surface area contributed by atoms with Gasteiger partial charge in [0.2, 0.25) is 0 Å². The maximum Gasteiger partial charge on any atom is 0.272 e. The second kappa shape index (κ2) is 7.97. The predicted molar refractivity (Wildman–Crippen MR) is 107 cm³/mol. The minimum atomic E-state index is -0.263. The molecular weight excluding hydrogens is 353 g/mol. The van der Waals surface area contributed by atoms with E-state index in [1.165, 1.54) is 6.07 Å². The van der Waals surface area contributed by atoms with E-state index in [9.17, 15) is 9.18 Å². The second-order valence-corrected chi connectivity index (χ2v) is 7.31. The number of aromatic nitrogens is 2. The van der Waals surface area contributed by atoms with E-state index in [4.69, 9.17) is 0 Å². The van der Waals surface area contributed by atoms with Crippen LogP contribution < -0.4 is 0 Å². The fourth-order valence-electron chi connectivity index (χ4n) is 4.02. The van der Waals surface area contributed by atoms with Crippen molar-refractivity contribution in [3.63, 3.8) is 0 Å². The van der Waals surface area contributed by atoms with Crippen molar-refractivity contribution in [3.8, 4) is 11.4 Å². The molecule has 1 amide bonds. The van der Waals surface area contributed by atoms with Gasteiger partial charge in [-0.2, -0.15) is 0 Å². The normalized spacial score (nSPS) is 17.4. The molecule has 2 aromatic carbocycles. The number of hydrogen-bond acceptors (Lipinski definition) is 2. The molecule has 0 N–H and O–H groups in total. The molecule has 144 valence electrons. The molecule has 4 rings (SSSR count). The average molecular weight is 377 g/mol. The fourth-order valence-corrected chi connectivity index (χ4v) is 4.02. The molecule has 0 saturated carbocycles. The van der Waals surface area contributed by atoms with Crippen molar-refractivity contribution in [3.05, 3.63) is 77.9 Å². The highest BCUT2D eigenvalue weighted by Crippen LogP contribution is 2.32. The van der Waals surface area contributed by atoms with Crippen molar-refractivity contribution < 1.29 is 9.18 Å². The monoisotopic (exact) mass is 377 g/mol. The second-order valence-electron chi connectivity index (χ2n) is 7.31. The molecule has 28 heavy (non-hydrogen) atoms. The van der Waals surface area contributed by atoms with Crippen LogP contribution in [0, 0.1) is 5.82 Å². The van der Waals surface area contributed by atoms with Gasteiger partial charge in [0.25, 0.3) is 5.91 Å². The number of benzene rings is 2. The average Bonchev–Trinajstić information content (AvgIpc) is 2.94. The Balaban J connectivity index is 1.68. The molecule has 0 bridgehead atoms. The van der Waals surface area contributed by atoms with Gasteiger partial charge in [0.1, 0.15) is 17.3 Å². The first kappa shape index (κ1) is 18.4. The van der Waals surface area contributed by atoms with E-state index >= 15 is 0 Å². The first-order chi connectivity index (χ1) is 13.6. The number of halogens is 1. The van der Waals surface area contributed by atoms with Gasteiger partial charge in [-0.15, -0.1) is 0 Å². The van der Waals surface area contributed by atoms with Crippen LogP contribution in [0.1, 0.15) is 47.8 Å². The summed E-state index contributed by atoms with van der Waals surface area (Å²) in [5.41, 5.74) is 2.39. The van der Waals surface area contributed by atoms with Crippen LogP contribution in [0.3, 0.4) is 0 Å². The molecule has 3 aromatic rings. The summed E-state index contributed by atoms with van der Waals surface area (Å²) in [6.45, 7) is 0.672. The first-order valence-electron chi connectivity index (χ1n) is 9.79. The molecule has 5 heteroatoms. The quantitative estimate of drug-likeness (QED) is 0.645. The van der Waals surface area contributed by atoms with Gasteiger partial charge in [0.15, 0.2) is 0 Å². The number of nitrogens with zero attached hydrogens (tertiary/aromatic N) is 3. The fraction of sp³-hybridized carbons (Fsp3) is 0.304. The summed E-state index contributed by atoms with van der Waals surface area (Å²) in [5.74, 6) is 0.454. The molecule has 1 saturated heterocycles. The molecule has 1 unspecified atom stereocenters. The molecule has 0 radical (unpaired) electrons. The summed E-state index contributed by atoms with van der Waals surface area (Å²) in [4.78, 5) is 19.8. The van der Waals surface area contributed by atoms with Gasteiger partial charge in [-0.1, -0.05) is 55.3 Å². The molecule has 1 aliphatic heterocycles. The molecule has 2 heterocycles. The van der Waals surface area contributed by atoms with Crippen LogP contribution in [0.5, 0.6) is 0 Å². The Bertz CT molecular complexity index is 967. The standard InChI is InChI=1S/C23H24FN3O/c1-26-21(16-25-22(26)17-9-4-2-5-10-17)23(28)27-14-7-3-6-13-20(27)18-11-8-12-19(24)15-18/h2,4-5,8-12,15-16,20H,3,6-7,13-14H2,1H3. The van der Waals surface area contributed by atoms with E-state index in [-0.39, 0.29) is 17.8 Å². The maximum atomic E-state index is 13.8. The van der Waals surface area contributed by atoms with E-state index in [0.717, 1.165) is 42.6 Å². The van der Waals surface area contributed by atoms with Gasteiger partial charge in [0.05, 0.1) is 12.2 Å². The SMILES string of the molecule is Cn1c(C(=O)N2CCCCCC2c2cccc(F)c2)cnc1-c1ccccc1. The minimum Gasteiger partial charge on any atom is -0.330 e. The summed E-state index contributed by atoms with van der Waals surface area (Å²) >= 11 is 0. The van der Waals surface area contributed by atoms with Gasteiger partial charge in [-0.05, 0) is 30.5 Å². The molecule has 0 aliphatic carbocycles. The Morgan fingerprint density at radius 1 is 1.07 bits per heavy atom. The van der Waals surface area contributed by atoms with Crippen molar-refractivity contribution in [2.75, 3.05) is 6.54 Å². The molecule has 1 aliphatic rings. The Morgan fingerprint density at radius 2 is 1.89 bits per heavy atom. The molecule has 0 spiro atoms. The Kier molecular flexibility index (Phi) is 5.24. The number of imidazole rings is 1. The van der Waals surface area contributed by atoms with Gasteiger partial charge in [0, 0.05) is 19.2 Å². The van der Waals surface area contributed by atoms with Crippen molar-refractivity contribution in [1.29, 1.82) is 0 Å². The van der Waals surface area contributed by atoms with E-state index in [2.05, 4.69) is 4.98 Å². The minimum absolute atomic E-state index is 0.0478. The third-order valence-electron chi connectivity index (χ3n) is 5.49. The molecule has 4 nitrogen and oxygen atoms in total. The highest BCUT2D eigenvalue weighted by molar-refractivity contribution is 5.93.